The summed E-state index contributed by atoms with van der Waals surface area (Å²) in [5.74, 6) is -0.174. The molecule has 0 aliphatic carbocycles. The van der Waals surface area contributed by atoms with Gasteiger partial charge in [0, 0.05) is 5.39 Å². The van der Waals surface area contributed by atoms with Crippen LogP contribution in [0.5, 0.6) is 0 Å². The Morgan fingerprint density at radius 2 is 2.14 bits per heavy atom. The molecule has 1 aromatic heterocycles. The standard InChI is InChI=1S/C11H12FNO/c12-10-3-4-11-9(5-7-14-11)8(10)2-1-6-13/h3-5,7H,1-2,6,13H2. The Morgan fingerprint density at radius 1 is 1.29 bits per heavy atom. The average Bonchev–Trinajstić information content (AvgIpc) is 2.64. The third kappa shape index (κ3) is 1.51. The normalized spacial score (nSPS) is 11.0. The van der Waals surface area contributed by atoms with Gasteiger partial charge in [-0.05, 0) is 43.1 Å². The van der Waals surface area contributed by atoms with Gasteiger partial charge in [-0.15, -0.1) is 0 Å². The van der Waals surface area contributed by atoms with E-state index in [2.05, 4.69) is 0 Å². The van der Waals surface area contributed by atoms with E-state index < -0.39 is 0 Å². The van der Waals surface area contributed by atoms with Crippen molar-refractivity contribution in [3.63, 3.8) is 0 Å². The molecule has 74 valence electrons. The lowest BCUT2D eigenvalue weighted by Gasteiger charge is -2.02. The predicted octanol–water partition coefficient (Wildman–Crippen LogP) is 2.46. The number of fused-ring (bicyclic) bond motifs is 1. The Labute approximate surface area is 81.5 Å². The molecule has 2 nitrogen and oxygen atoms in total. The van der Waals surface area contributed by atoms with Gasteiger partial charge in [0.15, 0.2) is 0 Å². The van der Waals surface area contributed by atoms with E-state index in [-0.39, 0.29) is 5.82 Å². The zero-order chi connectivity index (χ0) is 9.97. The minimum absolute atomic E-state index is 0.174. The van der Waals surface area contributed by atoms with Crippen molar-refractivity contribution in [2.24, 2.45) is 5.73 Å². The van der Waals surface area contributed by atoms with Crippen LogP contribution in [0.15, 0.2) is 28.9 Å². The van der Waals surface area contributed by atoms with Gasteiger partial charge in [-0.25, -0.2) is 4.39 Å². The molecule has 0 aliphatic rings. The summed E-state index contributed by atoms with van der Waals surface area (Å²) in [4.78, 5) is 0. The third-order valence-electron chi connectivity index (χ3n) is 2.32. The maximum absolute atomic E-state index is 13.4. The summed E-state index contributed by atoms with van der Waals surface area (Å²) >= 11 is 0. The topological polar surface area (TPSA) is 39.2 Å². The van der Waals surface area contributed by atoms with E-state index >= 15 is 0 Å². The molecule has 0 saturated heterocycles. The molecule has 1 aromatic carbocycles. The molecule has 2 aromatic rings. The molecule has 0 spiro atoms. The number of furan rings is 1. The zero-order valence-corrected chi connectivity index (χ0v) is 7.79. The SMILES string of the molecule is NCCCc1c(F)ccc2occc12. The molecule has 0 atom stereocenters. The first-order valence-corrected chi connectivity index (χ1v) is 4.67. The highest BCUT2D eigenvalue weighted by atomic mass is 19.1. The summed E-state index contributed by atoms with van der Waals surface area (Å²) in [6, 6.07) is 4.89. The Bertz CT molecular complexity index is 436. The summed E-state index contributed by atoms with van der Waals surface area (Å²) in [6.45, 7) is 0.577. The van der Waals surface area contributed by atoms with Gasteiger partial charge < -0.3 is 10.2 Å². The monoisotopic (exact) mass is 193 g/mol. The van der Waals surface area contributed by atoms with Crippen molar-refractivity contribution in [1.29, 1.82) is 0 Å². The Hall–Kier alpha value is -1.35. The number of halogens is 1. The molecule has 0 saturated carbocycles. The molecule has 3 heteroatoms. The number of benzene rings is 1. The van der Waals surface area contributed by atoms with Crippen molar-refractivity contribution in [3.05, 3.63) is 35.8 Å². The van der Waals surface area contributed by atoms with Gasteiger partial charge in [0.1, 0.15) is 11.4 Å². The highest BCUT2D eigenvalue weighted by molar-refractivity contribution is 5.81. The van der Waals surface area contributed by atoms with E-state index in [0.29, 0.717) is 18.5 Å². The molecule has 0 fully saturated rings. The van der Waals surface area contributed by atoms with Crippen LogP contribution >= 0.6 is 0 Å². The van der Waals surface area contributed by atoms with Crippen LogP contribution in [0.4, 0.5) is 4.39 Å². The quantitative estimate of drug-likeness (QED) is 0.813. The molecular formula is C11H12FNO. The van der Waals surface area contributed by atoms with Crippen LogP contribution in [0.3, 0.4) is 0 Å². The van der Waals surface area contributed by atoms with Gasteiger partial charge >= 0.3 is 0 Å². The number of aryl methyl sites for hydroxylation is 1. The van der Waals surface area contributed by atoms with Gasteiger partial charge in [0.05, 0.1) is 6.26 Å². The van der Waals surface area contributed by atoms with E-state index in [0.717, 1.165) is 17.4 Å². The van der Waals surface area contributed by atoms with Crippen LogP contribution < -0.4 is 5.73 Å². The average molecular weight is 193 g/mol. The fraction of sp³-hybridized carbons (Fsp3) is 0.273. The summed E-state index contributed by atoms with van der Waals surface area (Å²) in [5.41, 5.74) is 6.84. The second-order valence-corrected chi connectivity index (χ2v) is 3.25. The summed E-state index contributed by atoms with van der Waals surface area (Å²) in [6.07, 6.45) is 3.04. The summed E-state index contributed by atoms with van der Waals surface area (Å²) in [5, 5.41) is 0.860. The van der Waals surface area contributed by atoms with Crippen LogP contribution in [0.1, 0.15) is 12.0 Å². The van der Waals surface area contributed by atoms with Crippen molar-refractivity contribution >= 4 is 11.0 Å². The molecule has 0 radical (unpaired) electrons. The van der Waals surface area contributed by atoms with Gasteiger partial charge in [0.2, 0.25) is 0 Å². The van der Waals surface area contributed by atoms with E-state index in [4.69, 9.17) is 10.2 Å². The number of nitrogens with two attached hydrogens (primary N) is 1. The largest absolute Gasteiger partial charge is 0.464 e. The number of hydrogen-bond acceptors (Lipinski definition) is 2. The molecule has 14 heavy (non-hydrogen) atoms. The van der Waals surface area contributed by atoms with Crippen molar-refractivity contribution in [3.8, 4) is 0 Å². The molecule has 0 unspecified atom stereocenters. The minimum Gasteiger partial charge on any atom is -0.464 e. The maximum atomic E-state index is 13.4. The van der Waals surface area contributed by atoms with Gasteiger partial charge in [0.25, 0.3) is 0 Å². The second kappa shape index (κ2) is 3.80. The highest BCUT2D eigenvalue weighted by Crippen LogP contribution is 2.23. The summed E-state index contributed by atoms with van der Waals surface area (Å²) in [7, 11) is 0. The van der Waals surface area contributed by atoms with Gasteiger partial charge in [-0.2, -0.15) is 0 Å². The predicted molar refractivity (Wildman–Crippen MR) is 53.5 cm³/mol. The Kier molecular flexibility index (Phi) is 2.50. The Morgan fingerprint density at radius 3 is 2.93 bits per heavy atom. The van der Waals surface area contributed by atoms with Crippen LogP contribution in [0.2, 0.25) is 0 Å². The van der Waals surface area contributed by atoms with Crippen molar-refractivity contribution in [1.82, 2.24) is 0 Å². The van der Waals surface area contributed by atoms with Crippen LogP contribution in [-0.4, -0.2) is 6.54 Å². The van der Waals surface area contributed by atoms with Crippen molar-refractivity contribution in [2.75, 3.05) is 6.54 Å². The first-order chi connectivity index (χ1) is 6.83. The Balaban J connectivity index is 2.47. The molecule has 0 aliphatic heterocycles. The molecule has 2 N–H and O–H groups in total. The smallest absolute Gasteiger partial charge is 0.134 e. The van der Waals surface area contributed by atoms with Gasteiger partial charge in [-0.1, -0.05) is 0 Å². The lowest BCUT2D eigenvalue weighted by Crippen LogP contribution is -2.01. The lowest BCUT2D eigenvalue weighted by molar-refractivity contribution is 0.599. The first-order valence-electron chi connectivity index (χ1n) is 4.67. The molecule has 2 rings (SSSR count). The van der Waals surface area contributed by atoms with E-state index in [1.807, 2.05) is 0 Å². The van der Waals surface area contributed by atoms with Crippen LogP contribution in [-0.2, 0) is 6.42 Å². The zero-order valence-electron chi connectivity index (χ0n) is 7.79. The first kappa shape index (κ1) is 9.21. The van der Waals surface area contributed by atoms with Crippen molar-refractivity contribution < 1.29 is 8.81 Å². The van der Waals surface area contributed by atoms with E-state index in [1.54, 1.807) is 18.4 Å². The lowest BCUT2D eigenvalue weighted by atomic mass is 10.0. The molecule has 0 amide bonds. The number of rotatable bonds is 3. The van der Waals surface area contributed by atoms with Crippen molar-refractivity contribution in [2.45, 2.75) is 12.8 Å². The van der Waals surface area contributed by atoms with Crippen LogP contribution in [0.25, 0.3) is 11.0 Å². The summed E-state index contributed by atoms with van der Waals surface area (Å²) < 4.78 is 18.6. The molecular weight excluding hydrogens is 181 g/mol. The molecule has 1 heterocycles. The van der Waals surface area contributed by atoms with E-state index in [1.165, 1.54) is 6.07 Å². The number of hydrogen-bond donors (Lipinski definition) is 1. The van der Waals surface area contributed by atoms with Gasteiger partial charge in [-0.3, -0.25) is 0 Å². The second-order valence-electron chi connectivity index (χ2n) is 3.25. The fourth-order valence-corrected chi connectivity index (χ4v) is 1.61. The highest BCUT2D eigenvalue weighted by Gasteiger charge is 2.08. The molecule has 0 bridgehead atoms. The minimum atomic E-state index is -0.174. The fourth-order valence-electron chi connectivity index (χ4n) is 1.61. The third-order valence-corrected chi connectivity index (χ3v) is 2.32. The van der Waals surface area contributed by atoms with E-state index in [9.17, 15) is 4.39 Å². The van der Waals surface area contributed by atoms with Crippen LogP contribution in [0, 0.1) is 5.82 Å². The maximum Gasteiger partial charge on any atom is 0.134 e.